The molecule has 0 amide bonds. The molecule has 0 saturated carbocycles. The molecule has 0 atom stereocenters. The van der Waals surface area contributed by atoms with Gasteiger partial charge in [0.15, 0.2) is 0 Å². The summed E-state index contributed by atoms with van der Waals surface area (Å²) in [5, 5.41) is 3.95. The number of nitrogens with zero attached hydrogens (tertiary/aromatic N) is 2. The summed E-state index contributed by atoms with van der Waals surface area (Å²) in [7, 11) is 0. The summed E-state index contributed by atoms with van der Waals surface area (Å²) >= 11 is 0. The predicted octanol–water partition coefficient (Wildman–Crippen LogP) is 3.09. The van der Waals surface area contributed by atoms with Crippen LogP contribution in [0.4, 0.5) is 5.69 Å². The Balaban J connectivity index is 2.14. The van der Waals surface area contributed by atoms with Crippen molar-refractivity contribution in [1.82, 2.24) is 10.1 Å². The van der Waals surface area contributed by atoms with Crippen molar-refractivity contribution in [1.29, 1.82) is 0 Å². The van der Waals surface area contributed by atoms with Gasteiger partial charge in [-0.15, -0.1) is 0 Å². The molecule has 0 aliphatic carbocycles. The third-order valence-corrected chi connectivity index (χ3v) is 2.81. The van der Waals surface area contributed by atoms with E-state index in [2.05, 4.69) is 10.1 Å². The summed E-state index contributed by atoms with van der Waals surface area (Å²) in [6, 6.07) is 7.56. The number of aromatic nitrogens is 2. The van der Waals surface area contributed by atoms with Gasteiger partial charge in [-0.05, 0) is 44.5 Å². The van der Waals surface area contributed by atoms with Crippen molar-refractivity contribution < 1.29 is 9.26 Å². The molecule has 1 heterocycles. The molecule has 0 aliphatic heterocycles. The number of benzene rings is 1. The van der Waals surface area contributed by atoms with Crippen molar-refractivity contribution in [3.8, 4) is 0 Å². The molecule has 0 unspecified atom stereocenters. The monoisotopic (exact) mass is 273 g/mol. The largest absolute Gasteiger partial charge is 0.399 e. The van der Waals surface area contributed by atoms with Gasteiger partial charge in [0.2, 0.25) is 5.82 Å². The van der Waals surface area contributed by atoms with E-state index in [4.69, 9.17) is 15.0 Å². The maximum absolute atomic E-state index is 5.72. The molecular formula is C15H19N3O2. The molecule has 0 saturated heterocycles. The zero-order chi connectivity index (χ0) is 14.6. The van der Waals surface area contributed by atoms with Gasteiger partial charge in [0.25, 0.3) is 5.89 Å². The van der Waals surface area contributed by atoms with Crippen LogP contribution in [-0.4, -0.2) is 16.7 Å². The third kappa shape index (κ3) is 3.45. The Morgan fingerprint density at radius 1 is 1.35 bits per heavy atom. The molecule has 1 aromatic heterocycles. The second kappa shape index (κ2) is 5.88. The smallest absolute Gasteiger partial charge is 0.250 e. The normalized spacial score (nSPS) is 12.2. The first-order valence-corrected chi connectivity index (χ1v) is 6.53. The van der Waals surface area contributed by atoms with Crippen molar-refractivity contribution in [2.24, 2.45) is 0 Å². The van der Waals surface area contributed by atoms with Crippen molar-refractivity contribution in [2.45, 2.75) is 26.4 Å². The summed E-state index contributed by atoms with van der Waals surface area (Å²) in [5.74, 6) is 0.974. The van der Waals surface area contributed by atoms with E-state index in [1.165, 1.54) is 0 Å². The zero-order valence-electron chi connectivity index (χ0n) is 12.0. The van der Waals surface area contributed by atoms with E-state index in [9.17, 15) is 0 Å². The van der Waals surface area contributed by atoms with Gasteiger partial charge in [0.1, 0.15) is 5.60 Å². The fourth-order valence-corrected chi connectivity index (χ4v) is 1.80. The lowest BCUT2D eigenvalue weighted by Crippen LogP contribution is -2.23. The first kappa shape index (κ1) is 14.3. The maximum Gasteiger partial charge on any atom is 0.250 e. The SMILES string of the molecule is CCOC(C)(C)c1noc(/C=C/c2cccc(N)c2)n1. The number of nitrogens with two attached hydrogens (primary N) is 1. The Kier molecular flexibility index (Phi) is 4.20. The number of nitrogen functional groups attached to an aromatic ring is 1. The number of anilines is 1. The first-order chi connectivity index (χ1) is 9.51. The highest BCUT2D eigenvalue weighted by Gasteiger charge is 2.26. The molecule has 2 rings (SSSR count). The lowest BCUT2D eigenvalue weighted by atomic mass is 10.1. The Morgan fingerprint density at radius 3 is 2.85 bits per heavy atom. The van der Waals surface area contributed by atoms with E-state index < -0.39 is 5.60 Å². The second-order valence-electron chi connectivity index (χ2n) is 4.90. The molecule has 20 heavy (non-hydrogen) atoms. The molecule has 1 aromatic carbocycles. The van der Waals surface area contributed by atoms with Crippen LogP contribution in [0.5, 0.6) is 0 Å². The average molecular weight is 273 g/mol. The van der Waals surface area contributed by atoms with Crippen LogP contribution in [0.25, 0.3) is 12.2 Å². The van der Waals surface area contributed by atoms with Gasteiger partial charge in [0, 0.05) is 18.4 Å². The average Bonchev–Trinajstić information content (AvgIpc) is 2.86. The summed E-state index contributed by atoms with van der Waals surface area (Å²) in [6.07, 6.45) is 3.63. The van der Waals surface area contributed by atoms with Crippen molar-refractivity contribution in [2.75, 3.05) is 12.3 Å². The Bertz CT molecular complexity index is 603. The highest BCUT2D eigenvalue weighted by Crippen LogP contribution is 2.22. The van der Waals surface area contributed by atoms with Gasteiger partial charge < -0.3 is 15.0 Å². The molecule has 0 fully saturated rings. The lowest BCUT2D eigenvalue weighted by Gasteiger charge is -2.19. The molecule has 106 valence electrons. The van der Waals surface area contributed by atoms with E-state index in [1.54, 1.807) is 6.08 Å². The molecule has 0 radical (unpaired) electrons. The summed E-state index contributed by atoms with van der Waals surface area (Å²) < 4.78 is 10.8. The third-order valence-electron chi connectivity index (χ3n) is 2.81. The van der Waals surface area contributed by atoms with Gasteiger partial charge in [-0.1, -0.05) is 17.3 Å². The predicted molar refractivity (Wildman–Crippen MR) is 78.7 cm³/mol. The number of rotatable bonds is 5. The van der Waals surface area contributed by atoms with Crippen LogP contribution in [0.15, 0.2) is 28.8 Å². The van der Waals surface area contributed by atoms with Crippen molar-refractivity contribution in [3.05, 3.63) is 41.5 Å². The molecule has 0 bridgehead atoms. The van der Waals surface area contributed by atoms with Gasteiger partial charge in [-0.2, -0.15) is 4.98 Å². The summed E-state index contributed by atoms with van der Waals surface area (Å²) in [6.45, 7) is 6.35. The second-order valence-corrected chi connectivity index (χ2v) is 4.90. The van der Waals surface area contributed by atoms with Crippen LogP contribution in [0.3, 0.4) is 0 Å². The van der Waals surface area contributed by atoms with Gasteiger partial charge in [0.05, 0.1) is 0 Å². The minimum atomic E-state index is -0.554. The molecule has 2 aromatic rings. The first-order valence-electron chi connectivity index (χ1n) is 6.53. The van der Waals surface area contributed by atoms with Gasteiger partial charge in [-0.25, -0.2) is 0 Å². The minimum Gasteiger partial charge on any atom is -0.399 e. The van der Waals surface area contributed by atoms with E-state index in [-0.39, 0.29) is 0 Å². The number of hydrogen-bond acceptors (Lipinski definition) is 5. The highest BCUT2D eigenvalue weighted by atomic mass is 16.5. The van der Waals surface area contributed by atoms with Crippen LogP contribution >= 0.6 is 0 Å². The molecule has 5 heteroatoms. The quantitative estimate of drug-likeness (QED) is 0.847. The van der Waals surface area contributed by atoms with Crippen LogP contribution in [0.1, 0.15) is 38.0 Å². The Morgan fingerprint density at radius 2 is 2.15 bits per heavy atom. The molecule has 0 aliphatic rings. The Labute approximate surface area is 118 Å². The zero-order valence-corrected chi connectivity index (χ0v) is 12.0. The number of ether oxygens (including phenoxy) is 1. The molecule has 5 nitrogen and oxygen atoms in total. The fourth-order valence-electron chi connectivity index (χ4n) is 1.80. The van der Waals surface area contributed by atoms with Gasteiger partial charge in [-0.3, -0.25) is 0 Å². The molecule has 0 spiro atoms. The Hall–Kier alpha value is -2.14. The summed E-state index contributed by atoms with van der Waals surface area (Å²) in [4.78, 5) is 4.32. The van der Waals surface area contributed by atoms with Crippen molar-refractivity contribution in [3.63, 3.8) is 0 Å². The molecule has 2 N–H and O–H groups in total. The van der Waals surface area contributed by atoms with Crippen LogP contribution in [-0.2, 0) is 10.3 Å². The van der Waals surface area contributed by atoms with Crippen LogP contribution in [0, 0.1) is 0 Å². The van der Waals surface area contributed by atoms with Crippen molar-refractivity contribution >= 4 is 17.8 Å². The summed E-state index contributed by atoms with van der Waals surface area (Å²) in [5.41, 5.74) is 6.86. The lowest BCUT2D eigenvalue weighted by molar-refractivity contribution is -0.0221. The van der Waals surface area contributed by atoms with Gasteiger partial charge >= 0.3 is 0 Å². The standard InChI is InChI=1S/C15H19N3O2/c1-4-19-15(2,3)14-17-13(20-18-14)9-8-11-6-5-7-12(16)10-11/h5-10H,4,16H2,1-3H3/b9-8+. The van der Waals surface area contributed by atoms with E-state index in [0.29, 0.717) is 18.3 Å². The van der Waals surface area contributed by atoms with Crippen LogP contribution < -0.4 is 5.73 Å². The van der Waals surface area contributed by atoms with E-state index in [1.807, 2.05) is 51.1 Å². The van der Waals surface area contributed by atoms with E-state index in [0.717, 1.165) is 11.3 Å². The highest BCUT2D eigenvalue weighted by molar-refractivity contribution is 5.67. The van der Waals surface area contributed by atoms with E-state index >= 15 is 0 Å². The topological polar surface area (TPSA) is 74.2 Å². The maximum atomic E-state index is 5.72. The fraction of sp³-hybridized carbons (Fsp3) is 0.333. The molecular weight excluding hydrogens is 254 g/mol. The van der Waals surface area contributed by atoms with Crippen LogP contribution in [0.2, 0.25) is 0 Å². The number of hydrogen-bond donors (Lipinski definition) is 1. The minimum absolute atomic E-state index is 0.440.